The molecule has 0 aromatic carbocycles. The first-order valence-corrected chi connectivity index (χ1v) is 6.46. The van der Waals surface area contributed by atoms with E-state index < -0.39 is 0 Å². The largest absolute Gasteiger partial charge is 0.469 e. The lowest BCUT2D eigenvalue weighted by Gasteiger charge is -2.50. The van der Waals surface area contributed by atoms with Crippen molar-refractivity contribution in [3.05, 3.63) is 12.2 Å². The van der Waals surface area contributed by atoms with Crippen LogP contribution < -0.4 is 0 Å². The lowest BCUT2D eigenvalue weighted by molar-refractivity contribution is -0.151. The molecule has 4 heteroatoms. The Bertz CT molecular complexity index is 319. The first kappa shape index (κ1) is 13.1. The van der Waals surface area contributed by atoms with E-state index in [0.29, 0.717) is 36.5 Å². The van der Waals surface area contributed by atoms with E-state index >= 15 is 0 Å². The molecule has 4 nitrogen and oxygen atoms in total. The van der Waals surface area contributed by atoms with Gasteiger partial charge in [0.05, 0.1) is 14.2 Å². The van der Waals surface area contributed by atoms with Gasteiger partial charge in [-0.05, 0) is 36.5 Å². The van der Waals surface area contributed by atoms with Crippen LogP contribution in [0.4, 0.5) is 0 Å². The maximum absolute atomic E-state index is 11.4. The molecule has 0 aromatic heterocycles. The van der Waals surface area contributed by atoms with Crippen LogP contribution in [0, 0.1) is 23.7 Å². The Hall–Kier alpha value is -1.32. The molecule has 0 saturated heterocycles. The van der Waals surface area contributed by atoms with Gasteiger partial charge in [0.1, 0.15) is 0 Å². The summed E-state index contributed by atoms with van der Waals surface area (Å²) < 4.78 is 9.50. The van der Waals surface area contributed by atoms with Gasteiger partial charge in [0.25, 0.3) is 0 Å². The standard InChI is InChI=1S/C14H20O4/c1-17-13(15)7-11-9-5-3-4-6-10(11)12(9)8-14(16)18-2/h3-4,9-12H,5-8H2,1-2H3. The van der Waals surface area contributed by atoms with Crippen molar-refractivity contribution >= 4 is 11.9 Å². The molecule has 2 bridgehead atoms. The molecule has 0 aliphatic heterocycles. The number of ether oxygens (including phenoxy) is 2. The summed E-state index contributed by atoms with van der Waals surface area (Å²) in [5, 5.41) is 0. The molecular formula is C14H20O4. The summed E-state index contributed by atoms with van der Waals surface area (Å²) in [7, 11) is 2.85. The van der Waals surface area contributed by atoms with Crippen LogP contribution in [-0.4, -0.2) is 26.2 Å². The predicted octanol–water partition coefficient (Wildman–Crippen LogP) is 1.94. The quantitative estimate of drug-likeness (QED) is 0.567. The number of carbonyl (C=O) groups excluding carboxylic acids is 2. The van der Waals surface area contributed by atoms with Gasteiger partial charge in [0.15, 0.2) is 0 Å². The van der Waals surface area contributed by atoms with E-state index in [9.17, 15) is 9.59 Å². The van der Waals surface area contributed by atoms with E-state index in [1.165, 1.54) is 14.2 Å². The average molecular weight is 252 g/mol. The highest BCUT2D eigenvalue weighted by Gasteiger charge is 2.50. The van der Waals surface area contributed by atoms with Gasteiger partial charge in [-0.15, -0.1) is 0 Å². The predicted molar refractivity (Wildman–Crippen MR) is 65.6 cm³/mol. The molecule has 3 aliphatic rings. The van der Waals surface area contributed by atoms with E-state index in [0.717, 1.165) is 12.8 Å². The zero-order chi connectivity index (χ0) is 13.1. The van der Waals surface area contributed by atoms with Crippen LogP contribution in [0.15, 0.2) is 12.2 Å². The summed E-state index contributed by atoms with van der Waals surface area (Å²) in [6.07, 6.45) is 7.22. The first-order valence-electron chi connectivity index (χ1n) is 6.46. The molecule has 3 rings (SSSR count). The highest BCUT2D eigenvalue weighted by Crippen LogP contribution is 2.54. The van der Waals surface area contributed by atoms with E-state index in [1.54, 1.807) is 0 Å². The normalized spacial score (nSPS) is 33.2. The third-order valence-electron chi connectivity index (χ3n) is 4.44. The van der Waals surface area contributed by atoms with Gasteiger partial charge in [-0.2, -0.15) is 0 Å². The summed E-state index contributed by atoms with van der Waals surface area (Å²) in [4.78, 5) is 22.8. The number of fused-ring (bicyclic) bond motifs is 2. The SMILES string of the molecule is COC(=O)CC1C2CC=CCC1C2CC(=O)OC. The summed E-state index contributed by atoms with van der Waals surface area (Å²) in [6.45, 7) is 0. The Kier molecular flexibility index (Phi) is 4.04. The van der Waals surface area contributed by atoms with Crippen molar-refractivity contribution in [2.24, 2.45) is 23.7 Å². The van der Waals surface area contributed by atoms with Crippen molar-refractivity contribution in [3.63, 3.8) is 0 Å². The second kappa shape index (κ2) is 5.55. The van der Waals surface area contributed by atoms with Crippen LogP contribution in [-0.2, 0) is 19.1 Å². The zero-order valence-corrected chi connectivity index (χ0v) is 10.9. The lowest BCUT2D eigenvalue weighted by Crippen LogP contribution is -2.47. The molecule has 1 saturated carbocycles. The van der Waals surface area contributed by atoms with E-state index in [-0.39, 0.29) is 11.9 Å². The topological polar surface area (TPSA) is 52.6 Å². The Labute approximate surface area is 107 Å². The van der Waals surface area contributed by atoms with Crippen molar-refractivity contribution in [2.75, 3.05) is 14.2 Å². The van der Waals surface area contributed by atoms with Crippen molar-refractivity contribution < 1.29 is 19.1 Å². The van der Waals surface area contributed by atoms with Crippen LogP contribution in [0.1, 0.15) is 25.7 Å². The van der Waals surface area contributed by atoms with Gasteiger partial charge in [0, 0.05) is 12.8 Å². The average Bonchev–Trinajstić information content (AvgIpc) is 2.71. The number of rotatable bonds is 4. The monoisotopic (exact) mass is 252 g/mol. The molecule has 1 fully saturated rings. The maximum atomic E-state index is 11.4. The molecule has 3 aliphatic carbocycles. The molecule has 0 heterocycles. The fraction of sp³-hybridized carbons (Fsp3) is 0.714. The van der Waals surface area contributed by atoms with Crippen molar-refractivity contribution in [1.82, 2.24) is 0 Å². The summed E-state index contributed by atoms with van der Waals surface area (Å²) in [6, 6.07) is 0. The minimum absolute atomic E-state index is 0.145. The third kappa shape index (κ3) is 2.42. The summed E-state index contributed by atoms with van der Waals surface area (Å²) >= 11 is 0. The number of esters is 2. The lowest BCUT2D eigenvalue weighted by atomic mass is 9.54. The molecule has 0 radical (unpaired) electrons. The molecule has 100 valence electrons. The number of carbonyl (C=O) groups is 2. The Morgan fingerprint density at radius 3 is 1.67 bits per heavy atom. The van der Waals surface area contributed by atoms with Crippen LogP contribution in [0.25, 0.3) is 0 Å². The number of methoxy groups -OCH3 is 2. The highest BCUT2D eigenvalue weighted by atomic mass is 16.5. The molecule has 0 aromatic rings. The number of allylic oxidation sites excluding steroid dienone is 2. The molecule has 0 atom stereocenters. The molecule has 0 N–H and O–H groups in total. The zero-order valence-electron chi connectivity index (χ0n) is 10.9. The Morgan fingerprint density at radius 1 is 0.944 bits per heavy atom. The van der Waals surface area contributed by atoms with Crippen molar-refractivity contribution in [3.8, 4) is 0 Å². The van der Waals surface area contributed by atoms with Crippen molar-refractivity contribution in [1.29, 1.82) is 0 Å². The fourth-order valence-corrected chi connectivity index (χ4v) is 3.49. The van der Waals surface area contributed by atoms with Gasteiger partial charge in [-0.1, -0.05) is 12.2 Å². The first-order chi connectivity index (χ1) is 8.67. The van der Waals surface area contributed by atoms with E-state index in [4.69, 9.17) is 9.47 Å². The molecule has 0 amide bonds. The fourth-order valence-electron chi connectivity index (χ4n) is 3.49. The maximum Gasteiger partial charge on any atom is 0.305 e. The van der Waals surface area contributed by atoms with Crippen LogP contribution in [0.2, 0.25) is 0 Å². The van der Waals surface area contributed by atoms with Gasteiger partial charge < -0.3 is 9.47 Å². The second-order valence-electron chi connectivity index (χ2n) is 5.16. The van der Waals surface area contributed by atoms with Crippen LogP contribution in [0.3, 0.4) is 0 Å². The smallest absolute Gasteiger partial charge is 0.305 e. The summed E-state index contributed by atoms with van der Waals surface area (Å²) in [5.41, 5.74) is 0. The minimum atomic E-state index is -0.145. The number of hydrogen-bond acceptors (Lipinski definition) is 4. The van der Waals surface area contributed by atoms with Crippen LogP contribution in [0.5, 0.6) is 0 Å². The molecule has 18 heavy (non-hydrogen) atoms. The Balaban J connectivity index is 2.00. The van der Waals surface area contributed by atoms with Gasteiger partial charge in [-0.25, -0.2) is 0 Å². The highest BCUT2D eigenvalue weighted by molar-refractivity contribution is 5.71. The second-order valence-corrected chi connectivity index (χ2v) is 5.16. The molecule has 0 spiro atoms. The number of hydrogen-bond donors (Lipinski definition) is 0. The third-order valence-corrected chi connectivity index (χ3v) is 4.44. The van der Waals surface area contributed by atoms with Crippen molar-refractivity contribution in [2.45, 2.75) is 25.7 Å². The minimum Gasteiger partial charge on any atom is -0.469 e. The Morgan fingerprint density at radius 2 is 1.33 bits per heavy atom. The molecule has 0 unspecified atom stereocenters. The molecular weight excluding hydrogens is 232 g/mol. The van der Waals surface area contributed by atoms with E-state index in [2.05, 4.69) is 12.2 Å². The van der Waals surface area contributed by atoms with Crippen LogP contribution >= 0.6 is 0 Å². The van der Waals surface area contributed by atoms with E-state index in [1.807, 2.05) is 0 Å². The summed E-state index contributed by atoms with van der Waals surface area (Å²) in [5.74, 6) is 1.28. The van der Waals surface area contributed by atoms with Gasteiger partial charge in [0.2, 0.25) is 0 Å². The van der Waals surface area contributed by atoms with Gasteiger partial charge in [-0.3, -0.25) is 9.59 Å². The van der Waals surface area contributed by atoms with Gasteiger partial charge >= 0.3 is 11.9 Å².